The zero-order chi connectivity index (χ0) is 40.6. The number of nitrogens with one attached hydrogen (secondary N) is 7. The number of nitrogens with zero attached hydrogens (tertiary/aromatic N) is 1. The number of carbonyl (C=O) groups excluding carboxylic acids is 7. The van der Waals surface area contributed by atoms with Crippen molar-refractivity contribution in [2.24, 2.45) is 5.92 Å². The van der Waals surface area contributed by atoms with E-state index < -0.39 is 90.8 Å². The van der Waals surface area contributed by atoms with Gasteiger partial charge in [0.15, 0.2) is 0 Å². The molecule has 2 aliphatic heterocycles. The van der Waals surface area contributed by atoms with Crippen molar-refractivity contribution in [1.29, 1.82) is 0 Å². The molecule has 2 fully saturated rings. The van der Waals surface area contributed by atoms with Gasteiger partial charge < -0.3 is 46.5 Å². The zero-order valence-electron chi connectivity index (χ0n) is 32.5. The van der Waals surface area contributed by atoms with Crippen molar-refractivity contribution in [2.45, 2.75) is 90.1 Å². The summed E-state index contributed by atoms with van der Waals surface area (Å²) in [4.78, 5) is 98.7. The number of fused-ring (bicyclic) bond motifs is 2. The van der Waals surface area contributed by atoms with Crippen molar-refractivity contribution in [3.05, 3.63) is 65.9 Å². The Morgan fingerprint density at radius 1 is 0.732 bits per heavy atom. The Bertz CT molecular complexity index is 1940. The van der Waals surface area contributed by atoms with Gasteiger partial charge in [0, 0.05) is 36.5 Å². The van der Waals surface area contributed by atoms with Gasteiger partial charge in [0.05, 0.1) is 19.6 Å². The molecule has 2 aliphatic rings. The molecule has 300 valence electrons. The fraction of sp³-hybridized carbons (Fsp3) is 0.475. The number of rotatable bonds is 6. The van der Waals surface area contributed by atoms with Crippen molar-refractivity contribution >= 4 is 52.3 Å². The van der Waals surface area contributed by atoms with Crippen LogP contribution in [0.15, 0.2) is 54.7 Å². The number of para-hydroxylation sites is 1. The minimum Gasteiger partial charge on any atom is -0.488 e. The number of aromatic nitrogens is 1. The fourth-order valence-electron chi connectivity index (χ4n) is 6.82. The lowest BCUT2D eigenvalue weighted by Gasteiger charge is -2.29. The lowest BCUT2D eigenvalue weighted by atomic mass is 10.0. The molecule has 2 saturated heterocycles. The van der Waals surface area contributed by atoms with E-state index in [9.17, 15) is 33.6 Å². The van der Waals surface area contributed by atoms with Crippen LogP contribution >= 0.6 is 0 Å². The van der Waals surface area contributed by atoms with E-state index in [1.807, 2.05) is 45.0 Å². The van der Waals surface area contributed by atoms with Crippen molar-refractivity contribution < 1.29 is 38.3 Å². The van der Waals surface area contributed by atoms with E-state index in [1.165, 1.54) is 4.90 Å². The van der Waals surface area contributed by atoms with Gasteiger partial charge in [-0.25, -0.2) is 0 Å². The predicted molar refractivity (Wildman–Crippen MR) is 207 cm³/mol. The van der Waals surface area contributed by atoms with Crippen molar-refractivity contribution in [1.82, 2.24) is 41.8 Å². The van der Waals surface area contributed by atoms with Crippen molar-refractivity contribution in [3.63, 3.8) is 0 Å². The highest BCUT2D eigenvalue weighted by Crippen LogP contribution is 2.23. The number of H-pyrrole nitrogens is 1. The van der Waals surface area contributed by atoms with Gasteiger partial charge in [0.1, 0.15) is 35.5 Å². The van der Waals surface area contributed by atoms with Gasteiger partial charge in [0.25, 0.3) is 0 Å². The first-order valence-electron chi connectivity index (χ1n) is 18.9. The van der Waals surface area contributed by atoms with E-state index in [2.05, 4.69) is 36.9 Å². The summed E-state index contributed by atoms with van der Waals surface area (Å²) in [7, 11) is 0. The quantitative estimate of drug-likeness (QED) is 0.188. The van der Waals surface area contributed by atoms with Crippen LogP contribution in [-0.4, -0.2) is 107 Å². The molecule has 0 radical (unpaired) electrons. The molecule has 7 N–H and O–H groups in total. The lowest BCUT2D eigenvalue weighted by molar-refractivity contribution is -0.141. The third-order valence-electron chi connectivity index (χ3n) is 9.54. The molecule has 2 aromatic carbocycles. The van der Waals surface area contributed by atoms with Gasteiger partial charge in [-0.1, -0.05) is 44.2 Å². The predicted octanol–water partition coefficient (Wildman–Crippen LogP) is 0.594. The number of amides is 7. The highest BCUT2D eigenvalue weighted by atomic mass is 16.5. The summed E-state index contributed by atoms with van der Waals surface area (Å²) in [6.07, 6.45) is 2.74. The van der Waals surface area contributed by atoms with Gasteiger partial charge in [-0.2, -0.15) is 0 Å². The molecular formula is C40H52N8O8. The van der Waals surface area contributed by atoms with E-state index in [4.69, 9.17) is 4.74 Å². The van der Waals surface area contributed by atoms with Crippen LogP contribution in [-0.2, 0) is 46.4 Å². The number of aromatic amines is 1. The standard InChI is InChI=1S/C40H52N8O8/c1-23(2)35-38(54)44-21-32(49)45-29(17-24-12-14-26(15-13-24)56-40(3,4)5)36(52)42-20-33(50)46-30(18-25-19-41-28-10-7-6-9-27(25)28)39(55)48-16-8-11-31(48)37(53)43-22-34(51)47-35/h6-7,9-10,12-15,19,23,29-31,35,41H,8,11,16-18,20-22H2,1-5H3,(H,42,52)(H,43,53)(H,44,54)(H,45,49)(H,46,50)(H,47,51)/t29-,30+,31-,35-/m0/s1. The number of hydrogen-bond donors (Lipinski definition) is 7. The van der Waals surface area contributed by atoms with Crippen LogP contribution in [0.3, 0.4) is 0 Å². The summed E-state index contributed by atoms with van der Waals surface area (Å²) >= 11 is 0. The van der Waals surface area contributed by atoms with Crippen LogP contribution in [0.25, 0.3) is 10.9 Å². The average molecular weight is 773 g/mol. The SMILES string of the molecule is CC(C)[C@@H]1NC(=O)CNC(=O)[C@@H]2CCCN2C(=O)[C@@H](Cc2c[nH]c3ccccc23)NC(=O)CNC(=O)[C@H](Cc2ccc(OC(C)(C)C)cc2)NC(=O)CNC1=O. The maximum absolute atomic E-state index is 14.2. The smallest absolute Gasteiger partial charge is 0.246 e. The number of ether oxygens (including phenoxy) is 1. The zero-order valence-corrected chi connectivity index (χ0v) is 32.5. The van der Waals surface area contributed by atoms with Gasteiger partial charge in [-0.15, -0.1) is 0 Å². The first kappa shape index (κ1) is 41.2. The summed E-state index contributed by atoms with van der Waals surface area (Å²) in [5.74, 6) is -4.12. The number of carbonyl (C=O) groups is 7. The lowest BCUT2D eigenvalue weighted by Crippen LogP contribution is -2.56. The Morgan fingerprint density at radius 2 is 1.34 bits per heavy atom. The van der Waals surface area contributed by atoms with E-state index in [1.54, 1.807) is 44.3 Å². The Balaban J connectivity index is 1.41. The summed E-state index contributed by atoms with van der Waals surface area (Å²) in [6, 6.07) is 10.3. The van der Waals surface area contributed by atoms with Crippen LogP contribution in [0.1, 0.15) is 58.6 Å². The second-order valence-electron chi connectivity index (χ2n) is 15.5. The van der Waals surface area contributed by atoms with E-state index >= 15 is 0 Å². The van der Waals surface area contributed by atoms with E-state index in [0.717, 1.165) is 16.5 Å². The minimum atomic E-state index is -1.16. The van der Waals surface area contributed by atoms with Crippen LogP contribution in [0.2, 0.25) is 0 Å². The molecule has 56 heavy (non-hydrogen) atoms. The van der Waals surface area contributed by atoms with Gasteiger partial charge >= 0.3 is 0 Å². The number of hydrogen-bond acceptors (Lipinski definition) is 8. The second-order valence-corrected chi connectivity index (χ2v) is 15.5. The Labute approximate surface area is 325 Å². The van der Waals surface area contributed by atoms with Crippen LogP contribution < -0.4 is 36.6 Å². The molecule has 0 saturated carbocycles. The first-order valence-corrected chi connectivity index (χ1v) is 18.9. The van der Waals surface area contributed by atoms with E-state index in [0.29, 0.717) is 24.2 Å². The van der Waals surface area contributed by atoms with Gasteiger partial charge in [0.2, 0.25) is 41.4 Å². The van der Waals surface area contributed by atoms with Crippen LogP contribution in [0.4, 0.5) is 0 Å². The topological polar surface area (TPSA) is 220 Å². The maximum Gasteiger partial charge on any atom is 0.246 e. The summed E-state index contributed by atoms with van der Waals surface area (Å²) in [6.45, 7) is 7.95. The summed E-state index contributed by atoms with van der Waals surface area (Å²) in [5, 5.41) is 16.6. The van der Waals surface area contributed by atoms with Gasteiger partial charge in [-0.05, 0) is 68.9 Å². The maximum atomic E-state index is 14.2. The first-order chi connectivity index (χ1) is 26.6. The molecule has 7 amide bonds. The monoisotopic (exact) mass is 772 g/mol. The largest absolute Gasteiger partial charge is 0.488 e. The van der Waals surface area contributed by atoms with Crippen molar-refractivity contribution in [3.8, 4) is 5.75 Å². The molecule has 1 aromatic heterocycles. The van der Waals surface area contributed by atoms with Crippen LogP contribution in [0.5, 0.6) is 5.75 Å². The van der Waals surface area contributed by atoms with Crippen LogP contribution in [0, 0.1) is 5.92 Å². The van der Waals surface area contributed by atoms with Crippen molar-refractivity contribution in [2.75, 3.05) is 26.2 Å². The normalized spacial score (nSPS) is 22.6. The molecule has 0 aliphatic carbocycles. The molecule has 0 unspecified atom stereocenters. The third kappa shape index (κ3) is 11.1. The highest BCUT2D eigenvalue weighted by Gasteiger charge is 2.38. The highest BCUT2D eigenvalue weighted by molar-refractivity contribution is 5.97. The molecule has 16 heteroatoms. The number of benzene rings is 2. The van der Waals surface area contributed by atoms with E-state index in [-0.39, 0.29) is 25.3 Å². The Kier molecular flexibility index (Phi) is 13.4. The molecule has 4 atom stereocenters. The van der Waals surface area contributed by atoms with Gasteiger partial charge in [-0.3, -0.25) is 33.6 Å². The average Bonchev–Trinajstić information content (AvgIpc) is 3.81. The molecule has 3 aromatic rings. The molecule has 0 bridgehead atoms. The third-order valence-corrected chi connectivity index (χ3v) is 9.54. The minimum absolute atomic E-state index is 0.0344. The summed E-state index contributed by atoms with van der Waals surface area (Å²) in [5.41, 5.74) is 1.85. The fourth-order valence-corrected chi connectivity index (χ4v) is 6.82. The Hall–Kier alpha value is -5.93. The molecule has 3 heterocycles. The molecule has 0 spiro atoms. The molecule has 5 rings (SSSR count). The molecular weight excluding hydrogens is 720 g/mol. The Morgan fingerprint density at radius 3 is 2.00 bits per heavy atom. The summed E-state index contributed by atoms with van der Waals surface area (Å²) < 4.78 is 5.90. The second kappa shape index (κ2) is 18.1. The molecule has 16 nitrogen and oxygen atoms in total.